The van der Waals surface area contributed by atoms with Crippen molar-refractivity contribution in [1.82, 2.24) is 0 Å². The van der Waals surface area contributed by atoms with Crippen molar-refractivity contribution < 1.29 is 22.5 Å². The van der Waals surface area contributed by atoms with Crippen LogP contribution in [0.1, 0.15) is 0 Å². The number of phenols is 1. The summed E-state index contributed by atoms with van der Waals surface area (Å²) in [5, 5.41) is 16.5. The molecule has 0 amide bonds. The second kappa shape index (κ2) is 5.35. The van der Waals surface area contributed by atoms with E-state index in [2.05, 4.69) is 10.2 Å². The molecule has 0 unspecified atom stereocenters. The summed E-state index contributed by atoms with van der Waals surface area (Å²) in [5.74, 6) is -1.30. The lowest BCUT2D eigenvalue weighted by molar-refractivity contribution is 0.432. The van der Waals surface area contributed by atoms with Crippen LogP contribution in [0.25, 0.3) is 0 Å². The van der Waals surface area contributed by atoms with Crippen LogP contribution < -0.4 is 0 Å². The SMILES string of the molecule is O=S(=O)(O)c1ccc(N=Nc2ccc(O)c(F)c2)cc1. The third-order valence-electron chi connectivity index (χ3n) is 2.35. The van der Waals surface area contributed by atoms with Gasteiger partial charge >= 0.3 is 0 Å². The number of hydrogen-bond donors (Lipinski definition) is 2. The number of nitrogens with zero attached hydrogens (tertiary/aromatic N) is 2. The molecular formula is C12H9FN2O4S. The molecule has 0 spiro atoms. The minimum absolute atomic E-state index is 0.194. The molecule has 20 heavy (non-hydrogen) atoms. The number of azo groups is 1. The van der Waals surface area contributed by atoms with Crippen LogP contribution in [0, 0.1) is 5.82 Å². The van der Waals surface area contributed by atoms with Crippen LogP contribution in [0.2, 0.25) is 0 Å². The van der Waals surface area contributed by atoms with Crippen LogP contribution in [-0.2, 0) is 10.1 Å². The van der Waals surface area contributed by atoms with E-state index in [0.717, 1.165) is 12.1 Å². The molecule has 8 heteroatoms. The highest BCUT2D eigenvalue weighted by molar-refractivity contribution is 7.85. The lowest BCUT2D eigenvalue weighted by Gasteiger charge is -1.98. The van der Waals surface area contributed by atoms with Gasteiger partial charge in [0.1, 0.15) is 0 Å². The minimum atomic E-state index is -4.25. The number of halogens is 1. The van der Waals surface area contributed by atoms with Crippen molar-refractivity contribution in [2.45, 2.75) is 4.90 Å². The molecule has 0 atom stereocenters. The van der Waals surface area contributed by atoms with E-state index in [1.807, 2.05) is 0 Å². The molecular weight excluding hydrogens is 287 g/mol. The average molecular weight is 296 g/mol. The second-order valence-corrected chi connectivity index (χ2v) is 5.23. The number of phenolic OH excluding ortho intramolecular Hbond substituents is 1. The average Bonchev–Trinajstić information content (AvgIpc) is 2.40. The molecule has 0 aliphatic rings. The van der Waals surface area contributed by atoms with E-state index in [1.54, 1.807) is 0 Å². The molecule has 6 nitrogen and oxygen atoms in total. The number of aromatic hydroxyl groups is 1. The lowest BCUT2D eigenvalue weighted by Crippen LogP contribution is -1.96. The van der Waals surface area contributed by atoms with Crippen LogP contribution in [0.3, 0.4) is 0 Å². The van der Waals surface area contributed by atoms with Crippen molar-refractivity contribution in [3.8, 4) is 5.75 Å². The van der Waals surface area contributed by atoms with Gasteiger partial charge in [-0.05, 0) is 36.4 Å². The van der Waals surface area contributed by atoms with E-state index in [0.29, 0.717) is 5.69 Å². The standard InChI is InChI=1S/C12H9FN2O4S/c13-11-7-9(3-6-12(11)16)15-14-8-1-4-10(5-2-8)20(17,18)19/h1-7,16H,(H,17,18,19). The van der Waals surface area contributed by atoms with Gasteiger partial charge in [0, 0.05) is 6.07 Å². The van der Waals surface area contributed by atoms with E-state index in [9.17, 15) is 12.8 Å². The smallest absolute Gasteiger partial charge is 0.294 e. The molecule has 0 saturated heterocycles. The molecule has 0 saturated carbocycles. The summed E-state index contributed by atoms with van der Waals surface area (Å²) in [6.07, 6.45) is 0. The van der Waals surface area contributed by atoms with Crippen molar-refractivity contribution in [3.63, 3.8) is 0 Å². The summed E-state index contributed by atoms with van der Waals surface area (Å²) in [6.45, 7) is 0. The quantitative estimate of drug-likeness (QED) is 0.671. The predicted octanol–water partition coefficient (Wildman–Crippen LogP) is 3.19. The van der Waals surface area contributed by atoms with Gasteiger partial charge in [0.05, 0.1) is 16.3 Å². The normalized spacial score (nSPS) is 11.9. The summed E-state index contributed by atoms with van der Waals surface area (Å²) >= 11 is 0. The van der Waals surface area contributed by atoms with E-state index in [4.69, 9.17) is 9.66 Å². The summed E-state index contributed by atoms with van der Waals surface area (Å²) in [6, 6.07) is 8.53. The first-order valence-corrected chi connectivity index (χ1v) is 6.78. The third-order valence-corrected chi connectivity index (χ3v) is 3.21. The van der Waals surface area contributed by atoms with Crippen molar-refractivity contribution in [1.29, 1.82) is 0 Å². The summed E-state index contributed by atoms with van der Waals surface area (Å²) in [4.78, 5) is -0.257. The molecule has 2 aromatic rings. The fourth-order valence-electron chi connectivity index (χ4n) is 1.36. The topological polar surface area (TPSA) is 99.3 Å². The molecule has 2 rings (SSSR count). The minimum Gasteiger partial charge on any atom is -0.505 e. The molecule has 0 aromatic heterocycles. The number of hydrogen-bond acceptors (Lipinski definition) is 5. The Labute approximate surface area is 114 Å². The summed E-state index contributed by atoms with van der Waals surface area (Å²) < 4.78 is 43.5. The van der Waals surface area contributed by atoms with Crippen molar-refractivity contribution in [2.75, 3.05) is 0 Å². The first-order valence-electron chi connectivity index (χ1n) is 5.34. The zero-order valence-electron chi connectivity index (χ0n) is 9.93. The van der Waals surface area contributed by atoms with Crippen LogP contribution in [0.5, 0.6) is 5.75 Å². The Balaban J connectivity index is 2.21. The maximum absolute atomic E-state index is 13.0. The van der Waals surface area contributed by atoms with Gasteiger partial charge in [0.15, 0.2) is 11.6 Å². The highest BCUT2D eigenvalue weighted by Gasteiger charge is 2.08. The first kappa shape index (κ1) is 14.1. The maximum atomic E-state index is 13.0. The van der Waals surface area contributed by atoms with E-state index in [-0.39, 0.29) is 10.6 Å². The van der Waals surface area contributed by atoms with Gasteiger partial charge in [-0.3, -0.25) is 4.55 Å². The van der Waals surface area contributed by atoms with Gasteiger partial charge in [-0.15, -0.1) is 0 Å². The van der Waals surface area contributed by atoms with Crippen molar-refractivity contribution >= 4 is 21.5 Å². The lowest BCUT2D eigenvalue weighted by atomic mass is 10.3. The van der Waals surface area contributed by atoms with Crippen molar-refractivity contribution in [2.24, 2.45) is 10.2 Å². The van der Waals surface area contributed by atoms with Crippen LogP contribution >= 0.6 is 0 Å². The van der Waals surface area contributed by atoms with E-state index < -0.39 is 21.7 Å². The molecule has 2 N–H and O–H groups in total. The van der Waals surface area contributed by atoms with Gasteiger partial charge in [0.2, 0.25) is 0 Å². The molecule has 2 aromatic carbocycles. The highest BCUT2D eigenvalue weighted by atomic mass is 32.2. The Morgan fingerprint density at radius 1 is 0.950 bits per heavy atom. The Morgan fingerprint density at radius 3 is 2.05 bits per heavy atom. The largest absolute Gasteiger partial charge is 0.505 e. The fourth-order valence-corrected chi connectivity index (χ4v) is 1.84. The van der Waals surface area contributed by atoms with Crippen molar-refractivity contribution in [3.05, 3.63) is 48.3 Å². The maximum Gasteiger partial charge on any atom is 0.294 e. The van der Waals surface area contributed by atoms with E-state index >= 15 is 0 Å². The third kappa shape index (κ3) is 3.37. The van der Waals surface area contributed by atoms with Gasteiger partial charge in [-0.1, -0.05) is 0 Å². The Bertz CT molecular complexity index is 758. The van der Waals surface area contributed by atoms with E-state index in [1.165, 1.54) is 30.3 Å². The summed E-state index contributed by atoms with van der Waals surface area (Å²) in [5.41, 5.74) is 0.519. The zero-order chi connectivity index (χ0) is 14.8. The molecule has 0 bridgehead atoms. The van der Waals surface area contributed by atoms with Crippen LogP contribution in [0.15, 0.2) is 57.6 Å². The molecule has 0 aliphatic heterocycles. The Morgan fingerprint density at radius 2 is 1.50 bits per heavy atom. The van der Waals surface area contributed by atoms with Crippen LogP contribution in [0.4, 0.5) is 15.8 Å². The zero-order valence-corrected chi connectivity index (χ0v) is 10.7. The molecule has 0 fully saturated rings. The van der Waals surface area contributed by atoms with Gasteiger partial charge < -0.3 is 5.11 Å². The first-order chi connectivity index (χ1) is 9.36. The molecule has 0 aliphatic carbocycles. The fraction of sp³-hybridized carbons (Fsp3) is 0. The number of rotatable bonds is 3. The second-order valence-electron chi connectivity index (χ2n) is 3.80. The predicted molar refractivity (Wildman–Crippen MR) is 68.5 cm³/mol. The Hall–Kier alpha value is -2.32. The Kier molecular flexibility index (Phi) is 3.77. The summed E-state index contributed by atoms with van der Waals surface area (Å²) in [7, 11) is -4.25. The van der Waals surface area contributed by atoms with Gasteiger partial charge in [-0.2, -0.15) is 18.6 Å². The highest BCUT2D eigenvalue weighted by Crippen LogP contribution is 2.24. The van der Waals surface area contributed by atoms with Gasteiger partial charge in [-0.25, -0.2) is 4.39 Å². The molecule has 104 valence electrons. The number of benzene rings is 2. The van der Waals surface area contributed by atoms with Gasteiger partial charge in [0.25, 0.3) is 10.1 Å². The van der Waals surface area contributed by atoms with Crippen LogP contribution in [-0.4, -0.2) is 18.1 Å². The molecule has 0 radical (unpaired) electrons. The monoisotopic (exact) mass is 296 g/mol. The molecule has 0 heterocycles.